The van der Waals surface area contributed by atoms with Crippen molar-refractivity contribution in [1.82, 2.24) is 15.1 Å². The number of aromatic nitrogens is 3. The monoisotopic (exact) mass is 264 g/mol. The van der Waals surface area contributed by atoms with E-state index >= 15 is 0 Å². The van der Waals surface area contributed by atoms with Crippen LogP contribution in [-0.2, 0) is 0 Å². The molecule has 0 aromatic carbocycles. The highest BCUT2D eigenvalue weighted by molar-refractivity contribution is 6.30. The molecule has 0 amide bonds. The van der Waals surface area contributed by atoms with Crippen LogP contribution in [-0.4, -0.2) is 21.2 Å². The Kier molecular flexibility index (Phi) is 3.01. The average Bonchev–Trinajstić information content (AvgIpc) is 2.98. The van der Waals surface area contributed by atoms with Gasteiger partial charge in [0.2, 0.25) is 11.7 Å². The molecular weight excluding hydrogens is 252 g/mol. The smallest absolute Gasteiger partial charge is 0.230 e. The Hall–Kier alpha value is -1.46. The highest BCUT2D eigenvalue weighted by atomic mass is 35.5. The number of pyridine rings is 1. The zero-order valence-electron chi connectivity index (χ0n) is 9.71. The summed E-state index contributed by atoms with van der Waals surface area (Å²) in [6, 6.07) is 3.78. The van der Waals surface area contributed by atoms with E-state index in [9.17, 15) is 0 Å². The minimum absolute atomic E-state index is 0.249. The Balaban J connectivity index is 1.83. The van der Waals surface area contributed by atoms with Crippen LogP contribution in [0.15, 0.2) is 22.9 Å². The fraction of sp³-hybridized carbons (Fsp3) is 0.417. The highest BCUT2D eigenvalue weighted by Gasteiger charge is 2.28. The number of nitrogens with zero attached hydrogens (tertiary/aromatic N) is 3. The molecule has 0 bridgehead atoms. The summed E-state index contributed by atoms with van der Waals surface area (Å²) < 4.78 is 5.29. The summed E-state index contributed by atoms with van der Waals surface area (Å²) in [5.41, 5.74) is 6.54. The molecule has 1 saturated carbocycles. The van der Waals surface area contributed by atoms with Gasteiger partial charge in [-0.05, 0) is 31.4 Å². The van der Waals surface area contributed by atoms with Crippen molar-refractivity contribution in [2.45, 2.75) is 31.2 Å². The van der Waals surface area contributed by atoms with E-state index in [1.807, 2.05) is 0 Å². The molecule has 0 radical (unpaired) electrons. The van der Waals surface area contributed by atoms with Crippen molar-refractivity contribution < 1.29 is 4.52 Å². The van der Waals surface area contributed by atoms with Crippen LogP contribution in [0.2, 0.25) is 5.02 Å². The van der Waals surface area contributed by atoms with Crippen LogP contribution < -0.4 is 5.73 Å². The van der Waals surface area contributed by atoms with E-state index in [2.05, 4.69) is 15.1 Å². The van der Waals surface area contributed by atoms with E-state index in [0.29, 0.717) is 22.4 Å². The molecule has 2 unspecified atom stereocenters. The molecule has 2 heterocycles. The maximum atomic E-state index is 5.88. The number of halogens is 1. The fourth-order valence-corrected chi connectivity index (χ4v) is 2.37. The minimum Gasteiger partial charge on any atom is -0.339 e. The Morgan fingerprint density at radius 3 is 2.89 bits per heavy atom. The zero-order valence-corrected chi connectivity index (χ0v) is 10.5. The van der Waals surface area contributed by atoms with Gasteiger partial charge in [-0.3, -0.25) is 4.98 Å². The predicted molar refractivity (Wildman–Crippen MR) is 67.1 cm³/mol. The summed E-state index contributed by atoms with van der Waals surface area (Å²) in [6.45, 7) is 0. The van der Waals surface area contributed by atoms with E-state index in [1.54, 1.807) is 18.3 Å². The van der Waals surface area contributed by atoms with Crippen molar-refractivity contribution in [1.29, 1.82) is 0 Å². The second-order valence-electron chi connectivity index (χ2n) is 4.59. The Labute approximate surface area is 109 Å². The molecule has 6 heteroatoms. The van der Waals surface area contributed by atoms with E-state index in [4.69, 9.17) is 21.9 Å². The normalized spacial score (nSPS) is 23.4. The molecule has 1 fully saturated rings. The van der Waals surface area contributed by atoms with Crippen LogP contribution in [0.25, 0.3) is 11.5 Å². The summed E-state index contributed by atoms with van der Waals surface area (Å²) in [5.74, 6) is 1.45. The molecule has 0 saturated heterocycles. The maximum Gasteiger partial charge on any atom is 0.230 e. The lowest BCUT2D eigenvalue weighted by atomic mass is 10.1. The van der Waals surface area contributed by atoms with E-state index in [1.165, 1.54) is 0 Å². The first-order chi connectivity index (χ1) is 8.72. The van der Waals surface area contributed by atoms with E-state index < -0.39 is 0 Å². The first kappa shape index (κ1) is 11.6. The molecule has 2 N–H and O–H groups in total. The van der Waals surface area contributed by atoms with Crippen molar-refractivity contribution in [3.8, 4) is 11.5 Å². The third-order valence-corrected chi connectivity index (χ3v) is 3.44. The summed E-state index contributed by atoms with van der Waals surface area (Å²) >= 11 is 5.78. The molecule has 2 aromatic heterocycles. The molecular formula is C12H13ClN4O. The largest absolute Gasteiger partial charge is 0.339 e. The Bertz CT molecular complexity index is 539. The molecule has 3 rings (SSSR count). The van der Waals surface area contributed by atoms with Crippen molar-refractivity contribution in [2.75, 3.05) is 0 Å². The molecule has 1 aliphatic carbocycles. The Morgan fingerprint density at radius 1 is 1.33 bits per heavy atom. The van der Waals surface area contributed by atoms with Crippen LogP contribution in [0, 0.1) is 0 Å². The lowest BCUT2D eigenvalue weighted by Gasteiger charge is -2.01. The molecule has 0 aliphatic heterocycles. The molecule has 1 aliphatic rings. The van der Waals surface area contributed by atoms with Crippen LogP contribution in [0.3, 0.4) is 0 Å². The molecule has 2 aromatic rings. The minimum atomic E-state index is 0.249. The fourth-order valence-electron chi connectivity index (χ4n) is 2.25. The van der Waals surface area contributed by atoms with Gasteiger partial charge in [-0.25, -0.2) is 0 Å². The van der Waals surface area contributed by atoms with Gasteiger partial charge in [-0.15, -0.1) is 0 Å². The predicted octanol–water partition coefficient (Wildman–Crippen LogP) is 2.38. The topological polar surface area (TPSA) is 77.8 Å². The third-order valence-electron chi connectivity index (χ3n) is 3.22. The SMILES string of the molecule is NC1CCC(c2nc(-c3ccc(Cl)cn3)no2)C1. The lowest BCUT2D eigenvalue weighted by molar-refractivity contribution is 0.353. The molecule has 0 spiro atoms. The molecule has 18 heavy (non-hydrogen) atoms. The highest BCUT2D eigenvalue weighted by Crippen LogP contribution is 2.33. The van der Waals surface area contributed by atoms with Gasteiger partial charge in [0, 0.05) is 18.2 Å². The summed E-state index contributed by atoms with van der Waals surface area (Å²) in [5, 5.41) is 4.54. The van der Waals surface area contributed by atoms with E-state index in [-0.39, 0.29) is 12.0 Å². The van der Waals surface area contributed by atoms with Gasteiger partial charge >= 0.3 is 0 Å². The molecule has 2 atom stereocenters. The lowest BCUT2D eigenvalue weighted by Crippen LogP contribution is -2.14. The van der Waals surface area contributed by atoms with Gasteiger partial charge in [0.1, 0.15) is 5.69 Å². The van der Waals surface area contributed by atoms with Gasteiger partial charge in [0.25, 0.3) is 0 Å². The first-order valence-electron chi connectivity index (χ1n) is 5.93. The summed E-state index contributed by atoms with van der Waals surface area (Å²) in [7, 11) is 0. The Morgan fingerprint density at radius 2 is 2.22 bits per heavy atom. The molecule has 94 valence electrons. The van der Waals surface area contributed by atoms with E-state index in [0.717, 1.165) is 19.3 Å². The van der Waals surface area contributed by atoms with Crippen molar-refractivity contribution in [3.05, 3.63) is 29.2 Å². The van der Waals surface area contributed by atoms with Gasteiger partial charge in [-0.2, -0.15) is 4.98 Å². The number of rotatable bonds is 2. The standard InChI is InChI=1S/C12H13ClN4O/c13-8-2-4-10(15-6-8)11-16-12(18-17-11)7-1-3-9(14)5-7/h2,4,6-7,9H,1,3,5,14H2. The summed E-state index contributed by atoms with van der Waals surface area (Å²) in [4.78, 5) is 8.55. The first-order valence-corrected chi connectivity index (χ1v) is 6.31. The maximum absolute atomic E-state index is 5.88. The van der Waals surface area contributed by atoms with Gasteiger partial charge in [0.05, 0.1) is 5.02 Å². The number of hydrogen-bond acceptors (Lipinski definition) is 5. The van der Waals surface area contributed by atoms with Gasteiger partial charge < -0.3 is 10.3 Å². The second kappa shape index (κ2) is 4.66. The summed E-state index contributed by atoms with van der Waals surface area (Å²) in [6.07, 6.45) is 4.51. The van der Waals surface area contributed by atoms with Crippen LogP contribution in [0.5, 0.6) is 0 Å². The van der Waals surface area contributed by atoms with Gasteiger partial charge in [-0.1, -0.05) is 16.8 Å². The number of hydrogen-bond donors (Lipinski definition) is 1. The van der Waals surface area contributed by atoms with Crippen molar-refractivity contribution in [3.63, 3.8) is 0 Å². The van der Waals surface area contributed by atoms with Gasteiger partial charge in [0.15, 0.2) is 0 Å². The average molecular weight is 265 g/mol. The molecule has 5 nitrogen and oxygen atoms in total. The van der Waals surface area contributed by atoms with Crippen molar-refractivity contribution in [2.24, 2.45) is 5.73 Å². The van der Waals surface area contributed by atoms with Crippen LogP contribution >= 0.6 is 11.6 Å². The quantitative estimate of drug-likeness (QED) is 0.901. The van der Waals surface area contributed by atoms with Crippen molar-refractivity contribution >= 4 is 11.6 Å². The third kappa shape index (κ3) is 2.23. The zero-order chi connectivity index (χ0) is 12.5. The van der Waals surface area contributed by atoms with Crippen LogP contribution in [0.1, 0.15) is 31.1 Å². The van der Waals surface area contributed by atoms with Crippen LogP contribution in [0.4, 0.5) is 0 Å². The number of nitrogens with two attached hydrogens (primary N) is 1. The second-order valence-corrected chi connectivity index (χ2v) is 5.02.